The van der Waals surface area contributed by atoms with E-state index in [-0.39, 0.29) is 29.1 Å². The van der Waals surface area contributed by atoms with E-state index in [1.165, 1.54) is 30.8 Å². The smallest absolute Gasteiger partial charge is 0.313 e. The maximum Gasteiger partial charge on any atom is 0.313 e. The summed E-state index contributed by atoms with van der Waals surface area (Å²) in [7, 11) is 3.53. The Hall–Kier alpha value is -3.57. The first-order valence-electron chi connectivity index (χ1n) is 13.3. The highest BCUT2D eigenvalue weighted by molar-refractivity contribution is 7.18. The Morgan fingerprint density at radius 2 is 1.97 bits per heavy atom. The molecule has 0 bridgehead atoms. The van der Waals surface area contributed by atoms with Crippen LogP contribution in [0.2, 0.25) is 0 Å². The summed E-state index contributed by atoms with van der Waals surface area (Å²) in [6.07, 6.45) is 5.36. The molecule has 2 aliphatic rings. The number of hydrogen-bond donors (Lipinski definition) is 2. The second-order valence-electron chi connectivity index (χ2n) is 10.6. The number of fused-ring (bicyclic) bond motifs is 1. The van der Waals surface area contributed by atoms with Gasteiger partial charge in [0.25, 0.3) is 5.91 Å². The maximum atomic E-state index is 13.4. The number of methoxy groups -OCH3 is 1. The van der Waals surface area contributed by atoms with Crippen molar-refractivity contribution in [2.45, 2.75) is 44.6 Å². The summed E-state index contributed by atoms with van der Waals surface area (Å²) in [5.74, 6) is -1.41. The van der Waals surface area contributed by atoms with E-state index in [0.717, 1.165) is 48.1 Å². The van der Waals surface area contributed by atoms with Gasteiger partial charge in [0.2, 0.25) is 5.88 Å². The van der Waals surface area contributed by atoms with Crippen molar-refractivity contribution in [2.75, 3.05) is 39.1 Å². The predicted octanol–water partition coefficient (Wildman–Crippen LogP) is 3.55. The van der Waals surface area contributed by atoms with Gasteiger partial charge in [-0.25, -0.2) is 9.97 Å². The fourth-order valence-electron chi connectivity index (χ4n) is 5.61. The molecule has 2 aromatic heterocycles. The van der Waals surface area contributed by atoms with Crippen molar-refractivity contribution in [3.8, 4) is 5.88 Å². The molecule has 3 N–H and O–H groups in total. The number of nitrogens with one attached hydrogen (secondary N) is 1. The van der Waals surface area contributed by atoms with E-state index in [4.69, 9.17) is 15.5 Å². The van der Waals surface area contributed by atoms with Gasteiger partial charge in [-0.1, -0.05) is 13.0 Å². The molecule has 0 spiro atoms. The van der Waals surface area contributed by atoms with Gasteiger partial charge >= 0.3 is 11.8 Å². The van der Waals surface area contributed by atoms with Gasteiger partial charge in [0.05, 0.1) is 40.3 Å². The summed E-state index contributed by atoms with van der Waals surface area (Å²) in [6, 6.07) is 7.35. The number of carbonyl (C=O) groups is 3. The molecule has 3 atom stereocenters. The number of carbonyl (C=O) groups excluding carboxylic acids is 3. The molecule has 4 heterocycles. The molecular formula is C28H34N6O4S. The Kier molecular flexibility index (Phi) is 7.81. The van der Waals surface area contributed by atoms with Crippen molar-refractivity contribution < 1.29 is 19.1 Å². The summed E-state index contributed by atoms with van der Waals surface area (Å²) in [6.45, 7) is 4.71. The van der Waals surface area contributed by atoms with Gasteiger partial charge in [-0.15, -0.1) is 11.3 Å². The first kappa shape index (κ1) is 27.0. The van der Waals surface area contributed by atoms with Crippen LogP contribution < -0.4 is 15.8 Å². The summed E-state index contributed by atoms with van der Waals surface area (Å²) in [4.78, 5) is 51.3. The lowest BCUT2D eigenvalue weighted by Crippen LogP contribution is -2.46. The molecule has 1 aromatic carbocycles. The molecule has 2 fully saturated rings. The van der Waals surface area contributed by atoms with Crippen LogP contribution in [0.1, 0.15) is 65.5 Å². The fourth-order valence-corrected chi connectivity index (χ4v) is 6.68. The number of aromatic nitrogens is 2. The summed E-state index contributed by atoms with van der Waals surface area (Å²) < 4.78 is 6.19. The first-order valence-corrected chi connectivity index (χ1v) is 14.1. The highest BCUT2D eigenvalue weighted by Gasteiger charge is 2.35. The minimum Gasteiger partial charge on any atom is -0.480 e. The number of nitrogens with zero attached hydrogens (tertiary/aromatic N) is 4. The van der Waals surface area contributed by atoms with Crippen LogP contribution in [0.15, 0.2) is 30.5 Å². The number of thiazole rings is 1. The number of hydrogen-bond acceptors (Lipinski definition) is 8. The first-order chi connectivity index (χ1) is 18.7. The number of likely N-dealkylation sites (tertiary alicyclic amines) is 2. The molecule has 5 rings (SSSR count). The van der Waals surface area contributed by atoms with Gasteiger partial charge in [-0.3, -0.25) is 14.4 Å². The van der Waals surface area contributed by atoms with Crippen molar-refractivity contribution in [1.82, 2.24) is 19.8 Å². The van der Waals surface area contributed by atoms with Gasteiger partial charge < -0.3 is 25.6 Å². The van der Waals surface area contributed by atoms with Crippen LogP contribution in [0.4, 0.5) is 5.69 Å². The second kappa shape index (κ2) is 11.3. The molecule has 2 saturated heterocycles. The number of rotatable bonds is 5. The molecule has 3 aromatic rings. The van der Waals surface area contributed by atoms with Gasteiger partial charge in [0, 0.05) is 19.0 Å². The molecule has 10 nitrogen and oxygen atoms in total. The van der Waals surface area contributed by atoms with Crippen molar-refractivity contribution in [2.24, 2.45) is 11.7 Å². The van der Waals surface area contributed by atoms with Crippen LogP contribution >= 0.6 is 11.3 Å². The van der Waals surface area contributed by atoms with Crippen molar-refractivity contribution >= 4 is 45.0 Å². The molecule has 0 saturated carbocycles. The minimum atomic E-state index is -0.796. The average Bonchev–Trinajstić information content (AvgIpc) is 3.36. The molecule has 1 unspecified atom stereocenters. The Bertz CT molecular complexity index is 1410. The Morgan fingerprint density at radius 1 is 1.15 bits per heavy atom. The van der Waals surface area contributed by atoms with Crippen LogP contribution in [0.25, 0.3) is 10.2 Å². The number of primary amides is 1. The molecule has 11 heteroatoms. The Balaban J connectivity index is 1.36. The standard InChI is InChI=1S/C28H34N6O4S/c1-16-6-8-22(17-7-9-23-21(11-17)32-27(39-23)18-5-4-10-33(2)15-18)34(14-16)28(37)25(36)31-19-12-20(24(29)35)26(38-3)30-13-19/h7,9,11-13,16,18,22H,4-6,8,10,14-15H2,1-3H3,(H2,29,35)(H,31,36)/t16-,18?,22+/m0/s1. The van der Waals surface area contributed by atoms with E-state index in [1.54, 1.807) is 16.2 Å². The van der Waals surface area contributed by atoms with Crippen LogP contribution in [-0.2, 0) is 9.59 Å². The Morgan fingerprint density at radius 3 is 2.72 bits per heavy atom. The third kappa shape index (κ3) is 5.74. The summed E-state index contributed by atoms with van der Waals surface area (Å²) in [5, 5.41) is 3.74. The molecular weight excluding hydrogens is 516 g/mol. The van der Waals surface area contributed by atoms with Crippen LogP contribution in [0.5, 0.6) is 5.88 Å². The SMILES string of the molecule is COc1ncc(NC(=O)C(=O)N2C[C@@H](C)CC[C@@H]2c2ccc3sc(C4CCCN(C)C4)nc3c2)cc1C(N)=O. The lowest BCUT2D eigenvalue weighted by molar-refractivity contribution is -0.146. The molecule has 2 aliphatic heterocycles. The molecule has 3 amide bonds. The lowest BCUT2D eigenvalue weighted by atomic mass is 9.89. The van der Waals surface area contributed by atoms with E-state index in [1.807, 2.05) is 0 Å². The van der Waals surface area contributed by atoms with E-state index in [0.29, 0.717) is 12.5 Å². The fraction of sp³-hybridized carbons (Fsp3) is 0.464. The maximum absolute atomic E-state index is 13.4. The topological polar surface area (TPSA) is 131 Å². The van der Waals surface area contributed by atoms with Gasteiger partial charge in [0.15, 0.2) is 0 Å². The highest BCUT2D eigenvalue weighted by Crippen LogP contribution is 2.37. The van der Waals surface area contributed by atoms with E-state index >= 15 is 0 Å². The lowest BCUT2D eigenvalue weighted by Gasteiger charge is -2.38. The molecule has 39 heavy (non-hydrogen) atoms. The van der Waals surface area contributed by atoms with E-state index in [9.17, 15) is 14.4 Å². The van der Waals surface area contributed by atoms with E-state index in [2.05, 4.69) is 47.4 Å². The normalized spacial score (nSPS) is 22.0. The van der Waals surface area contributed by atoms with Gasteiger partial charge in [-0.05, 0) is 69.0 Å². The zero-order chi connectivity index (χ0) is 27.7. The van der Waals surface area contributed by atoms with Crippen LogP contribution in [0.3, 0.4) is 0 Å². The number of piperidine rings is 2. The highest BCUT2D eigenvalue weighted by atomic mass is 32.1. The number of amides is 3. The van der Waals surface area contributed by atoms with Gasteiger partial charge in [-0.2, -0.15) is 0 Å². The number of pyridine rings is 1. The minimum absolute atomic E-state index is 0.0167. The van der Waals surface area contributed by atoms with Crippen molar-refractivity contribution in [3.05, 3.63) is 46.6 Å². The van der Waals surface area contributed by atoms with E-state index < -0.39 is 17.7 Å². The number of ether oxygens (including phenoxy) is 1. The summed E-state index contributed by atoms with van der Waals surface area (Å²) in [5.41, 5.74) is 7.53. The zero-order valence-corrected chi connectivity index (χ0v) is 23.3. The molecule has 206 valence electrons. The number of likely N-dealkylation sites (N-methyl/N-ethyl adjacent to an activating group) is 1. The van der Waals surface area contributed by atoms with Crippen molar-refractivity contribution in [1.29, 1.82) is 0 Å². The third-order valence-electron chi connectivity index (χ3n) is 7.63. The van der Waals surface area contributed by atoms with Crippen molar-refractivity contribution in [3.63, 3.8) is 0 Å². The van der Waals surface area contributed by atoms with Crippen LogP contribution in [0, 0.1) is 5.92 Å². The average molecular weight is 551 g/mol. The monoisotopic (exact) mass is 550 g/mol. The van der Waals surface area contributed by atoms with Gasteiger partial charge in [0.1, 0.15) is 5.56 Å². The van der Waals surface area contributed by atoms with Crippen LogP contribution in [-0.4, -0.2) is 71.3 Å². The zero-order valence-electron chi connectivity index (χ0n) is 22.5. The molecule has 0 radical (unpaired) electrons. The predicted molar refractivity (Wildman–Crippen MR) is 150 cm³/mol. The molecule has 0 aliphatic carbocycles. The Labute approximate surface area is 231 Å². The number of anilines is 1. The summed E-state index contributed by atoms with van der Waals surface area (Å²) >= 11 is 1.75. The quantitative estimate of drug-likeness (QED) is 0.465. The largest absolute Gasteiger partial charge is 0.480 e. The third-order valence-corrected chi connectivity index (χ3v) is 8.83. The second-order valence-corrected chi connectivity index (χ2v) is 11.7. The number of nitrogens with two attached hydrogens (primary N) is 1. The number of benzene rings is 1.